The van der Waals surface area contributed by atoms with E-state index in [9.17, 15) is 4.79 Å². The molecule has 1 aromatic carbocycles. The molecule has 0 heterocycles. The van der Waals surface area contributed by atoms with E-state index in [0.717, 1.165) is 18.7 Å². The predicted octanol–water partition coefficient (Wildman–Crippen LogP) is 3.12. The van der Waals surface area contributed by atoms with Crippen LogP contribution in [-0.4, -0.2) is 12.5 Å². The normalized spacial score (nSPS) is 9.80. The van der Waals surface area contributed by atoms with E-state index in [2.05, 4.69) is 17.6 Å². The van der Waals surface area contributed by atoms with Crippen LogP contribution in [0.3, 0.4) is 0 Å². The molecule has 0 radical (unpaired) electrons. The van der Waals surface area contributed by atoms with Crippen molar-refractivity contribution < 1.29 is 4.79 Å². The molecule has 2 N–H and O–H groups in total. The lowest BCUT2D eigenvalue weighted by atomic mass is 10.2. The molecule has 0 spiro atoms. The molecule has 3 nitrogen and oxygen atoms in total. The van der Waals surface area contributed by atoms with Gasteiger partial charge in [-0.25, -0.2) is 0 Å². The molecule has 0 aliphatic carbocycles. The van der Waals surface area contributed by atoms with Crippen molar-refractivity contribution in [1.82, 2.24) is 0 Å². The maximum absolute atomic E-state index is 10.8. The summed E-state index contributed by atoms with van der Waals surface area (Å²) in [6.45, 7) is 4.47. The Labute approximate surface area is 94.8 Å². The minimum absolute atomic E-state index is 0.119. The van der Waals surface area contributed by atoms with Crippen molar-refractivity contribution in [3.8, 4) is 0 Å². The Morgan fingerprint density at radius 2 is 2.20 bits per heavy atom. The fourth-order valence-electron chi connectivity index (χ4n) is 1.19. The van der Waals surface area contributed by atoms with Gasteiger partial charge in [-0.1, -0.05) is 18.5 Å². The first-order valence-electron chi connectivity index (χ1n) is 4.94. The van der Waals surface area contributed by atoms with Gasteiger partial charge in [0.2, 0.25) is 5.91 Å². The standard InChI is InChI=1S/C11H15ClN2O/c1-3-6-13-9-4-5-11(10(12)7-9)14-8(2)15/h4-5,7,13H,3,6H2,1-2H3,(H,14,15). The van der Waals surface area contributed by atoms with Crippen molar-refractivity contribution in [1.29, 1.82) is 0 Å². The Hall–Kier alpha value is -1.22. The molecule has 1 aromatic rings. The van der Waals surface area contributed by atoms with Crippen LogP contribution in [0.25, 0.3) is 0 Å². The molecule has 0 aliphatic rings. The molecular weight excluding hydrogens is 212 g/mol. The number of carbonyl (C=O) groups is 1. The summed E-state index contributed by atoms with van der Waals surface area (Å²) in [5, 5.41) is 6.42. The predicted molar refractivity (Wildman–Crippen MR) is 64.5 cm³/mol. The number of amides is 1. The molecule has 4 heteroatoms. The summed E-state index contributed by atoms with van der Waals surface area (Å²) in [7, 11) is 0. The van der Waals surface area contributed by atoms with Gasteiger partial charge < -0.3 is 10.6 Å². The second-order valence-corrected chi connectivity index (χ2v) is 3.71. The van der Waals surface area contributed by atoms with Gasteiger partial charge in [0.25, 0.3) is 0 Å². The van der Waals surface area contributed by atoms with Gasteiger partial charge in [0.1, 0.15) is 0 Å². The van der Waals surface area contributed by atoms with Crippen LogP contribution in [0.2, 0.25) is 5.02 Å². The number of nitrogens with one attached hydrogen (secondary N) is 2. The number of halogens is 1. The van der Waals surface area contributed by atoms with Gasteiger partial charge in [-0.2, -0.15) is 0 Å². The van der Waals surface area contributed by atoms with E-state index in [1.54, 1.807) is 6.07 Å². The summed E-state index contributed by atoms with van der Waals surface area (Å²) < 4.78 is 0. The van der Waals surface area contributed by atoms with Crippen LogP contribution < -0.4 is 10.6 Å². The van der Waals surface area contributed by atoms with Crippen molar-refractivity contribution >= 4 is 28.9 Å². The molecule has 0 saturated carbocycles. The number of hydrogen-bond acceptors (Lipinski definition) is 2. The zero-order valence-corrected chi connectivity index (χ0v) is 9.69. The van der Waals surface area contributed by atoms with E-state index < -0.39 is 0 Å². The van der Waals surface area contributed by atoms with Crippen LogP contribution in [0.5, 0.6) is 0 Å². The Bertz CT molecular complexity index is 352. The molecule has 15 heavy (non-hydrogen) atoms. The summed E-state index contributed by atoms with van der Waals surface area (Å²) in [5.74, 6) is -0.119. The SMILES string of the molecule is CCCNc1ccc(NC(C)=O)c(Cl)c1. The summed E-state index contributed by atoms with van der Waals surface area (Å²) in [6.07, 6.45) is 1.06. The van der Waals surface area contributed by atoms with Gasteiger partial charge in [0.15, 0.2) is 0 Å². The van der Waals surface area contributed by atoms with Gasteiger partial charge in [0.05, 0.1) is 10.7 Å². The third-order valence-corrected chi connectivity index (χ3v) is 2.17. The fraction of sp³-hybridized carbons (Fsp3) is 0.364. The molecule has 0 fully saturated rings. The van der Waals surface area contributed by atoms with E-state index >= 15 is 0 Å². The molecule has 1 amide bonds. The first kappa shape index (κ1) is 11.9. The lowest BCUT2D eigenvalue weighted by Gasteiger charge is -2.08. The average molecular weight is 227 g/mol. The van der Waals surface area contributed by atoms with Gasteiger partial charge in [0, 0.05) is 19.2 Å². The smallest absolute Gasteiger partial charge is 0.221 e. The van der Waals surface area contributed by atoms with E-state index in [-0.39, 0.29) is 5.91 Å². The largest absolute Gasteiger partial charge is 0.385 e. The molecule has 0 bridgehead atoms. The Morgan fingerprint density at radius 1 is 1.47 bits per heavy atom. The van der Waals surface area contributed by atoms with Crippen LogP contribution in [0.4, 0.5) is 11.4 Å². The third-order valence-electron chi connectivity index (χ3n) is 1.86. The van der Waals surface area contributed by atoms with E-state index in [1.165, 1.54) is 6.92 Å². The molecule has 0 saturated heterocycles. The maximum Gasteiger partial charge on any atom is 0.221 e. The third kappa shape index (κ3) is 3.80. The molecule has 0 aliphatic heterocycles. The van der Waals surface area contributed by atoms with Crippen LogP contribution in [0, 0.1) is 0 Å². The monoisotopic (exact) mass is 226 g/mol. The average Bonchev–Trinajstić information content (AvgIpc) is 2.18. The summed E-state index contributed by atoms with van der Waals surface area (Å²) in [6, 6.07) is 5.50. The highest BCUT2D eigenvalue weighted by molar-refractivity contribution is 6.34. The minimum atomic E-state index is -0.119. The first-order chi connectivity index (χ1) is 7.13. The Morgan fingerprint density at radius 3 is 2.73 bits per heavy atom. The topological polar surface area (TPSA) is 41.1 Å². The number of benzene rings is 1. The molecular formula is C11H15ClN2O. The lowest BCUT2D eigenvalue weighted by molar-refractivity contribution is -0.114. The molecule has 0 atom stereocenters. The van der Waals surface area contributed by atoms with E-state index in [4.69, 9.17) is 11.6 Å². The maximum atomic E-state index is 10.8. The molecule has 82 valence electrons. The zero-order valence-electron chi connectivity index (χ0n) is 8.93. The number of carbonyl (C=O) groups excluding carboxylic acids is 1. The van der Waals surface area contributed by atoms with Crippen molar-refractivity contribution in [3.63, 3.8) is 0 Å². The Kier molecular flexibility index (Phi) is 4.43. The fourth-order valence-corrected chi connectivity index (χ4v) is 1.41. The summed E-state index contributed by atoms with van der Waals surface area (Å²) >= 11 is 6.00. The highest BCUT2D eigenvalue weighted by Gasteiger charge is 2.02. The quantitative estimate of drug-likeness (QED) is 0.828. The van der Waals surface area contributed by atoms with Crippen LogP contribution in [0.15, 0.2) is 18.2 Å². The van der Waals surface area contributed by atoms with E-state index in [1.807, 2.05) is 12.1 Å². The van der Waals surface area contributed by atoms with Crippen molar-refractivity contribution in [2.75, 3.05) is 17.2 Å². The van der Waals surface area contributed by atoms with Crippen LogP contribution >= 0.6 is 11.6 Å². The van der Waals surface area contributed by atoms with Gasteiger partial charge in [-0.15, -0.1) is 0 Å². The first-order valence-corrected chi connectivity index (χ1v) is 5.32. The summed E-state index contributed by atoms with van der Waals surface area (Å²) in [4.78, 5) is 10.8. The van der Waals surface area contributed by atoms with Gasteiger partial charge in [-0.3, -0.25) is 4.79 Å². The highest BCUT2D eigenvalue weighted by Crippen LogP contribution is 2.25. The van der Waals surface area contributed by atoms with Gasteiger partial charge >= 0.3 is 0 Å². The van der Waals surface area contributed by atoms with E-state index in [0.29, 0.717) is 10.7 Å². The molecule has 0 aromatic heterocycles. The lowest BCUT2D eigenvalue weighted by Crippen LogP contribution is -2.06. The zero-order chi connectivity index (χ0) is 11.3. The Balaban J connectivity index is 2.74. The second-order valence-electron chi connectivity index (χ2n) is 3.30. The molecule has 0 unspecified atom stereocenters. The number of rotatable bonds is 4. The second kappa shape index (κ2) is 5.61. The van der Waals surface area contributed by atoms with Crippen molar-refractivity contribution in [2.24, 2.45) is 0 Å². The van der Waals surface area contributed by atoms with Crippen molar-refractivity contribution in [2.45, 2.75) is 20.3 Å². The van der Waals surface area contributed by atoms with Crippen LogP contribution in [0.1, 0.15) is 20.3 Å². The number of anilines is 2. The number of hydrogen-bond donors (Lipinski definition) is 2. The molecule has 1 rings (SSSR count). The van der Waals surface area contributed by atoms with Crippen LogP contribution in [-0.2, 0) is 4.79 Å². The van der Waals surface area contributed by atoms with Crippen molar-refractivity contribution in [3.05, 3.63) is 23.2 Å². The highest BCUT2D eigenvalue weighted by atomic mass is 35.5. The summed E-state index contributed by atoms with van der Waals surface area (Å²) in [5.41, 5.74) is 1.61. The van der Waals surface area contributed by atoms with Gasteiger partial charge in [-0.05, 0) is 24.6 Å². The minimum Gasteiger partial charge on any atom is -0.385 e.